The SMILES string of the molecule is Cc1ccc(S(=O)(=O)OC[C@H]2C[C@@H](COS(=O)(=O)c3ccc(C)cc3)C(=O)N2)cc1. The number of hydrogen-bond acceptors (Lipinski definition) is 7. The standard InChI is InChI=1S/C20H23NO7S2/c1-14-3-7-18(8-4-14)29(23,24)27-12-16-11-17(21-20(16)22)13-28-30(25,26)19-9-5-15(2)6-10-19/h3-10,16-17H,11-13H2,1-2H3,(H,21,22)/t16-,17+/m0/s1. The molecule has 1 aliphatic rings. The third kappa shape index (κ3) is 5.45. The van der Waals surface area contributed by atoms with Crippen LogP contribution in [0.2, 0.25) is 0 Å². The molecular weight excluding hydrogens is 430 g/mol. The second kappa shape index (κ2) is 8.84. The van der Waals surface area contributed by atoms with Crippen LogP contribution in [-0.2, 0) is 33.4 Å². The van der Waals surface area contributed by atoms with E-state index in [9.17, 15) is 21.6 Å². The molecular formula is C20H23NO7S2. The van der Waals surface area contributed by atoms with Crippen LogP contribution in [-0.4, -0.2) is 42.0 Å². The zero-order valence-electron chi connectivity index (χ0n) is 16.6. The molecule has 0 radical (unpaired) electrons. The predicted octanol–water partition coefficient (Wildman–Crippen LogP) is 1.92. The third-order valence-corrected chi connectivity index (χ3v) is 7.35. The van der Waals surface area contributed by atoms with Crippen LogP contribution in [0.4, 0.5) is 0 Å². The van der Waals surface area contributed by atoms with Crippen molar-refractivity contribution in [2.45, 2.75) is 36.1 Å². The number of rotatable bonds is 8. The van der Waals surface area contributed by atoms with Gasteiger partial charge < -0.3 is 5.32 Å². The second-order valence-corrected chi connectivity index (χ2v) is 10.5. The van der Waals surface area contributed by atoms with Crippen LogP contribution in [0, 0.1) is 19.8 Å². The van der Waals surface area contributed by atoms with Crippen molar-refractivity contribution in [3.8, 4) is 0 Å². The Morgan fingerprint density at radius 2 is 1.23 bits per heavy atom. The minimum atomic E-state index is -3.99. The highest BCUT2D eigenvalue weighted by Crippen LogP contribution is 2.21. The molecule has 0 bridgehead atoms. The monoisotopic (exact) mass is 453 g/mol. The van der Waals surface area contributed by atoms with Gasteiger partial charge >= 0.3 is 0 Å². The van der Waals surface area contributed by atoms with Gasteiger partial charge in [-0.15, -0.1) is 0 Å². The van der Waals surface area contributed by atoms with E-state index in [0.717, 1.165) is 11.1 Å². The Bertz CT molecular complexity index is 1110. The molecule has 8 nitrogen and oxygen atoms in total. The molecule has 1 heterocycles. The fourth-order valence-corrected chi connectivity index (χ4v) is 4.87. The Morgan fingerprint density at radius 3 is 1.70 bits per heavy atom. The molecule has 162 valence electrons. The summed E-state index contributed by atoms with van der Waals surface area (Å²) in [5, 5.41) is 2.62. The van der Waals surface area contributed by atoms with Crippen molar-refractivity contribution in [2.24, 2.45) is 5.92 Å². The maximum absolute atomic E-state index is 12.3. The van der Waals surface area contributed by atoms with Crippen molar-refractivity contribution in [3.05, 3.63) is 59.7 Å². The van der Waals surface area contributed by atoms with E-state index in [1.165, 1.54) is 24.3 Å². The molecule has 3 rings (SSSR count). The first-order valence-corrected chi connectivity index (χ1v) is 12.1. The zero-order chi connectivity index (χ0) is 21.9. The van der Waals surface area contributed by atoms with Crippen molar-refractivity contribution in [3.63, 3.8) is 0 Å². The lowest BCUT2D eigenvalue weighted by Crippen LogP contribution is -2.31. The van der Waals surface area contributed by atoms with Gasteiger partial charge in [0.05, 0.1) is 35.0 Å². The summed E-state index contributed by atoms with van der Waals surface area (Å²) in [6.07, 6.45) is 0.200. The van der Waals surface area contributed by atoms with Gasteiger partial charge in [-0.2, -0.15) is 16.8 Å². The highest BCUT2D eigenvalue weighted by atomic mass is 32.2. The van der Waals surface area contributed by atoms with Gasteiger partial charge in [0, 0.05) is 0 Å². The molecule has 10 heteroatoms. The smallest absolute Gasteiger partial charge is 0.297 e. The van der Waals surface area contributed by atoms with Crippen LogP contribution in [0.3, 0.4) is 0 Å². The van der Waals surface area contributed by atoms with E-state index in [-0.39, 0.29) is 29.4 Å². The Kier molecular flexibility index (Phi) is 6.61. The number of amides is 1. The summed E-state index contributed by atoms with van der Waals surface area (Å²) in [6, 6.07) is 11.8. The number of aryl methyl sites for hydroxylation is 2. The molecule has 1 fully saturated rings. The van der Waals surface area contributed by atoms with Gasteiger partial charge in [-0.3, -0.25) is 13.2 Å². The zero-order valence-corrected chi connectivity index (χ0v) is 18.2. The number of benzene rings is 2. The molecule has 2 atom stereocenters. The van der Waals surface area contributed by atoms with E-state index < -0.39 is 38.1 Å². The molecule has 0 unspecified atom stereocenters. The fourth-order valence-electron chi connectivity index (χ4n) is 2.97. The summed E-state index contributed by atoms with van der Waals surface area (Å²) < 4.78 is 59.2. The minimum absolute atomic E-state index is 0.00980. The maximum atomic E-state index is 12.3. The average molecular weight is 454 g/mol. The molecule has 1 amide bonds. The van der Waals surface area contributed by atoms with Gasteiger partial charge in [-0.05, 0) is 44.5 Å². The van der Waals surface area contributed by atoms with Crippen molar-refractivity contribution < 1.29 is 30.0 Å². The van der Waals surface area contributed by atoms with Crippen LogP contribution < -0.4 is 5.32 Å². The van der Waals surface area contributed by atoms with Gasteiger partial charge in [-0.25, -0.2) is 0 Å². The summed E-state index contributed by atoms with van der Waals surface area (Å²) in [7, 11) is -7.94. The Balaban J connectivity index is 1.55. The minimum Gasteiger partial charge on any atom is -0.351 e. The molecule has 0 saturated carbocycles. The van der Waals surface area contributed by atoms with Gasteiger partial charge in [-0.1, -0.05) is 35.4 Å². The Hall–Kier alpha value is -2.27. The lowest BCUT2D eigenvalue weighted by Gasteiger charge is -2.11. The summed E-state index contributed by atoms with van der Waals surface area (Å²) in [6.45, 7) is 3.10. The number of carbonyl (C=O) groups excluding carboxylic acids is 1. The fraction of sp³-hybridized carbons (Fsp3) is 0.350. The molecule has 1 N–H and O–H groups in total. The van der Waals surface area contributed by atoms with E-state index >= 15 is 0 Å². The van der Waals surface area contributed by atoms with Crippen LogP contribution >= 0.6 is 0 Å². The van der Waals surface area contributed by atoms with Gasteiger partial charge in [0.15, 0.2) is 0 Å². The normalized spacial score (nSPS) is 19.6. The summed E-state index contributed by atoms with van der Waals surface area (Å²) >= 11 is 0. The van der Waals surface area contributed by atoms with E-state index in [2.05, 4.69) is 5.32 Å². The van der Waals surface area contributed by atoms with E-state index in [1.807, 2.05) is 13.8 Å². The Morgan fingerprint density at radius 1 is 0.800 bits per heavy atom. The number of hydrogen-bond donors (Lipinski definition) is 1. The first kappa shape index (κ1) is 22.4. The lowest BCUT2D eigenvalue weighted by atomic mass is 10.1. The van der Waals surface area contributed by atoms with Crippen LogP contribution in [0.1, 0.15) is 17.5 Å². The molecule has 0 spiro atoms. The Labute approximate surface area is 176 Å². The topological polar surface area (TPSA) is 116 Å². The van der Waals surface area contributed by atoms with E-state index in [1.54, 1.807) is 24.3 Å². The van der Waals surface area contributed by atoms with Crippen molar-refractivity contribution in [2.75, 3.05) is 13.2 Å². The number of nitrogens with one attached hydrogen (secondary N) is 1. The molecule has 0 aliphatic carbocycles. The van der Waals surface area contributed by atoms with Crippen molar-refractivity contribution in [1.29, 1.82) is 0 Å². The van der Waals surface area contributed by atoms with E-state index in [4.69, 9.17) is 8.37 Å². The second-order valence-electron chi connectivity index (χ2n) is 7.24. The van der Waals surface area contributed by atoms with Gasteiger partial charge in [0.2, 0.25) is 5.91 Å². The van der Waals surface area contributed by atoms with Crippen LogP contribution in [0.25, 0.3) is 0 Å². The molecule has 1 aliphatic heterocycles. The predicted molar refractivity (Wildman–Crippen MR) is 109 cm³/mol. The third-order valence-electron chi connectivity index (χ3n) is 4.75. The molecule has 2 aromatic carbocycles. The lowest BCUT2D eigenvalue weighted by molar-refractivity contribution is -0.123. The van der Waals surface area contributed by atoms with E-state index in [0.29, 0.717) is 0 Å². The van der Waals surface area contributed by atoms with Gasteiger partial charge in [0.25, 0.3) is 20.2 Å². The molecule has 30 heavy (non-hydrogen) atoms. The summed E-state index contributed by atoms with van der Waals surface area (Å²) in [5.74, 6) is -1.13. The van der Waals surface area contributed by atoms with Gasteiger partial charge in [0.1, 0.15) is 0 Å². The number of carbonyl (C=O) groups is 1. The molecule has 0 aromatic heterocycles. The first-order chi connectivity index (χ1) is 14.1. The first-order valence-electron chi connectivity index (χ1n) is 9.29. The van der Waals surface area contributed by atoms with Crippen molar-refractivity contribution in [1.82, 2.24) is 5.32 Å². The highest BCUT2D eigenvalue weighted by Gasteiger charge is 2.34. The molecule has 1 saturated heterocycles. The van der Waals surface area contributed by atoms with Crippen molar-refractivity contribution >= 4 is 26.1 Å². The quantitative estimate of drug-likeness (QED) is 0.607. The van der Waals surface area contributed by atoms with Crippen LogP contribution in [0.5, 0.6) is 0 Å². The average Bonchev–Trinajstić information content (AvgIpc) is 3.05. The summed E-state index contributed by atoms with van der Waals surface area (Å²) in [4.78, 5) is 12.2. The van der Waals surface area contributed by atoms with Crippen LogP contribution in [0.15, 0.2) is 58.3 Å². The summed E-state index contributed by atoms with van der Waals surface area (Å²) in [5.41, 5.74) is 1.83. The molecule has 2 aromatic rings. The maximum Gasteiger partial charge on any atom is 0.297 e. The largest absolute Gasteiger partial charge is 0.351 e. The highest BCUT2D eigenvalue weighted by molar-refractivity contribution is 7.87.